The number of nitrogens with two attached hydrogens (primary N) is 1. The van der Waals surface area contributed by atoms with E-state index in [1.54, 1.807) is 7.11 Å². The summed E-state index contributed by atoms with van der Waals surface area (Å²) in [5.41, 5.74) is 7.63. The molecule has 1 aliphatic rings. The zero-order chi connectivity index (χ0) is 33.4. The van der Waals surface area contributed by atoms with Crippen LogP contribution >= 0.6 is 11.6 Å². The summed E-state index contributed by atoms with van der Waals surface area (Å²) in [5, 5.41) is 15.6. The van der Waals surface area contributed by atoms with E-state index in [-0.39, 0.29) is 10.8 Å². The molecule has 0 unspecified atom stereocenters. The van der Waals surface area contributed by atoms with Gasteiger partial charge in [0.2, 0.25) is 0 Å². The van der Waals surface area contributed by atoms with Gasteiger partial charge in [-0.3, -0.25) is 0 Å². The number of rotatable bonds is 11. The number of allylic oxidation sites excluding steroid dienone is 6. The van der Waals surface area contributed by atoms with Crippen LogP contribution in [0.2, 0.25) is 5.02 Å². The van der Waals surface area contributed by atoms with Crippen LogP contribution in [0, 0.1) is 18.3 Å². The van der Waals surface area contributed by atoms with Gasteiger partial charge in [-0.2, -0.15) is 5.26 Å². The van der Waals surface area contributed by atoms with Gasteiger partial charge < -0.3 is 15.0 Å². The van der Waals surface area contributed by atoms with Crippen LogP contribution in [0.25, 0.3) is 10.8 Å². The van der Waals surface area contributed by atoms with Crippen molar-refractivity contribution in [2.24, 2.45) is 0 Å². The lowest BCUT2D eigenvalue weighted by Crippen LogP contribution is -2.78. The van der Waals surface area contributed by atoms with Crippen LogP contribution in [-0.2, 0) is 10.8 Å². The number of anilines is 1. The molecule has 3 aromatic rings. The number of fused-ring (bicyclic) bond motifs is 3. The molecule has 0 aromatic heterocycles. The summed E-state index contributed by atoms with van der Waals surface area (Å²) in [7, 11) is 1.72. The van der Waals surface area contributed by atoms with E-state index < -0.39 is 0 Å². The van der Waals surface area contributed by atoms with Crippen LogP contribution in [0.4, 0.5) is 11.4 Å². The molecule has 0 saturated heterocycles. The van der Waals surface area contributed by atoms with Gasteiger partial charge in [-0.25, -0.2) is 0 Å². The molecule has 0 spiro atoms. The fraction of sp³-hybridized carbons (Fsp3) is 0.425. The predicted octanol–water partition coefficient (Wildman–Crippen LogP) is 10.2. The van der Waals surface area contributed by atoms with E-state index in [0.717, 1.165) is 48.7 Å². The molecule has 1 heterocycles. The van der Waals surface area contributed by atoms with E-state index in [4.69, 9.17) is 16.3 Å². The minimum atomic E-state index is -0.239. The Balaban J connectivity index is 0.00000271. The van der Waals surface area contributed by atoms with Crippen molar-refractivity contribution in [2.45, 2.75) is 92.4 Å². The number of benzene rings is 3. The molecule has 0 amide bonds. The average molecular weight is 627 g/mol. The molecule has 0 bridgehead atoms. The van der Waals surface area contributed by atoms with Crippen molar-refractivity contribution in [1.82, 2.24) is 0 Å². The molecule has 0 radical (unpaired) electrons. The van der Waals surface area contributed by atoms with Crippen LogP contribution in [0.1, 0.15) is 91.3 Å². The monoisotopic (exact) mass is 626 g/mol. The lowest BCUT2D eigenvalue weighted by molar-refractivity contribution is -0.572. The summed E-state index contributed by atoms with van der Waals surface area (Å²) >= 11 is 6.50. The van der Waals surface area contributed by atoms with Crippen molar-refractivity contribution in [2.75, 3.05) is 25.1 Å². The third-order valence-electron chi connectivity index (χ3n) is 8.69. The van der Waals surface area contributed by atoms with Crippen molar-refractivity contribution in [3.05, 3.63) is 99.8 Å². The molecule has 0 atom stereocenters. The molecule has 0 aliphatic carbocycles. The van der Waals surface area contributed by atoms with E-state index in [0.29, 0.717) is 5.57 Å². The highest BCUT2D eigenvalue weighted by Gasteiger charge is 2.40. The van der Waals surface area contributed by atoms with Gasteiger partial charge in [0.25, 0.3) is 0 Å². The number of halogens is 1. The number of hydrogen-bond donors (Lipinski definition) is 1. The molecule has 1 aliphatic heterocycles. The van der Waals surface area contributed by atoms with Crippen molar-refractivity contribution >= 4 is 33.7 Å². The fourth-order valence-corrected chi connectivity index (χ4v) is 6.47. The number of aryl methyl sites for hydroxylation is 1. The first-order valence-corrected chi connectivity index (χ1v) is 16.9. The van der Waals surface area contributed by atoms with E-state index in [9.17, 15) is 5.26 Å². The number of nitriles is 1. The summed E-state index contributed by atoms with van der Waals surface area (Å²) in [6.07, 6.45) is 11.2. The molecule has 5 heteroatoms. The van der Waals surface area contributed by atoms with Crippen LogP contribution in [-0.4, -0.2) is 20.2 Å². The molecule has 240 valence electrons. The topological polar surface area (TPSA) is 52.9 Å². The normalized spacial score (nSPS) is 15.3. The molecule has 0 fully saturated rings. The predicted molar refractivity (Wildman–Crippen MR) is 194 cm³/mol. The number of methoxy groups -OCH3 is 1. The quantitative estimate of drug-likeness (QED) is 0.131. The number of ether oxygens (including phenoxy) is 1. The second-order valence-corrected chi connectivity index (χ2v) is 13.2. The highest BCUT2D eigenvalue weighted by atomic mass is 35.5. The summed E-state index contributed by atoms with van der Waals surface area (Å²) in [4.78, 5) is 2.42. The largest absolute Gasteiger partial charge is 0.497 e. The molecule has 4 rings (SSSR count). The summed E-state index contributed by atoms with van der Waals surface area (Å²) in [6.45, 7) is 21.5. The first-order chi connectivity index (χ1) is 21.5. The molecular weight excluding hydrogens is 574 g/mol. The second-order valence-electron chi connectivity index (χ2n) is 12.8. The van der Waals surface area contributed by atoms with Gasteiger partial charge in [0, 0.05) is 40.0 Å². The highest BCUT2D eigenvalue weighted by molar-refractivity contribution is 6.31. The maximum atomic E-state index is 10.1. The van der Waals surface area contributed by atoms with Crippen LogP contribution in [0.15, 0.2) is 78.0 Å². The summed E-state index contributed by atoms with van der Waals surface area (Å²) in [5.74, 6) is 0.861. The maximum Gasteiger partial charge on any atom is 0.134 e. The van der Waals surface area contributed by atoms with Crippen molar-refractivity contribution in [3.8, 4) is 11.8 Å². The fourth-order valence-electron chi connectivity index (χ4n) is 6.30. The Morgan fingerprint density at radius 1 is 1.09 bits per heavy atom. The average Bonchev–Trinajstić information content (AvgIpc) is 3.25. The van der Waals surface area contributed by atoms with Crippen molar-refractivity contribution < 1.29 is 10.1 Å². The van der Waals surface area contributed by atoms with Gasteiger partial charge in [0.15, 0.2) is 0 Å². The molecule has 3 aromatic carbocycles. The Labute approximate surface area is 277 Å². The third kappa shape index (κ3) is 7.83. The Bertz CT molecular complexity index is 1620. The second kappa shape index (κ2) is 15.7. The summed E-state index contributed by atoms with van der Waals surface area (Å²) in [6, 6.07) is 17.5. The van der Waals surface area contributed by atoms with Crippen molar-refractivity contribution in [3.63, 3.8) is 0 Å². The Morgan fingerprint density at radius 2 is 1.80 bits per heavy atom. The lowest BCUT2D eigenvalue weighted by Gasteiger charge is -2.27. The van der Waals surface area contributed by atoms with E-state index in [1.807, 2.05) is 32.1 Å². The Hall–Kier alpha value is -3.52. The Morgan fingerprint density at radius 3 is 2.44 bits per heavy atom. The SMILES string of the molecule is CC.CCC[NH2+]c1cc(Cl)c(C)cc1C(C)(C)C/C=C/C(C#N)=C/C=C1/N(CCC)c2ccc3ccc(OC)cc3c2C1(C)C. The first-order valence-electron chi connectivity index (χ1n) is 16.5. The molecule has 45 heavy (non-hydrogen) atoms. The minimum absolute atomic E-state index is 0.112. The molecular formula is C40H53ClN3O+. The Kier molecular flexibility index (Phi) is 12.5. The molecule has 0 saturated carbocycles. The number of quaternary nitrogens is 1. The number of nitrogens with zero attached hydrogens (tertiary/aromatic N) is 2. The van der Waals surface area contributed by atoms with Gasteiger partial charge in [0.1, 0.15) is 11.4 Å². The van der Waals surface area contributed by atoms with Gasteiger partial charge in [-0.1, -0.05) is 85.2 Å². The number of hydrogen-bond acceptors (Lipinski definition) is 3. The molecule has 2 N–H and O–H groups in total. The van der Waals surface area contributed by atoms with Gasteiger partial charge in [-0.05, 0) is 96.0 Å². The van der Waals surface area contributed by atoms with E-state index in [1.165, 1.54) is 39.0 Å². The van der Waals surface area contributed by atoms with Gasteiger partial charge >= 0.3 is 0 Å². The lowest BCUT2D eigenvalue weighted by atomic mass is 9.79. The smallest absolute Gasteiger partial charge is 0.134 e. The van der Waals surface area contributed by atoms with Crippen LogP contribution in [0.5, 0.6) is 5.75 Å². The summed E-state index contributed by atoms with van der Waals surface area (Å²) < 4.78 is 5.58. The standard InChI is InChI=1S/C38H46ClN3O.C2H6/c1-9-20-41-33-24-32(39)26(3)22-31(33)37(4,5)19-11-12-27(25-40)13-18-35-38(6,7)36-30-23-29(43-8)16-14-28(30)15-17-34(36)42(35)21-10-2;1-2/h11-18,22-24,41H,9-10,19-21H2,1-8H3;1-2H3/p+1/b12-11+,27-13-,35-18+;. The van der Waals surface area contributed by atoms with E-state index >= 15 is 0 Å². The maximum absolute atomic E-state index is 10.1. The van der Waals surface area contributed by atoms with Gasteiger partial charge in [-0.15, -0.1) is 0 Å². The van der Waals surface area contributed by atoms with Crippen LogP contribution in [0.3, 0.4) is 0 Å². The first kappa shape index (κ1) is 36.0. The molecule has 4 nitrogen and oxygen atoms in total. The minimum Gasteiger partial charge on any atom is -0.497 e. The highest BCUT2D eigenvalue weighted by Crippen LogP contribution is 2.51. The van der Waals surface area contributed by atoms with Crippen LogP contribution < -0.4 is 15.0 Å². The van der Waals surface area contributed by atoms with E-state index in [2.05, 4.69) is 113 Å². The van der Waals surface area contributed by atoms with Gasteiger partial charge in [0.05, 0.1) is 25.3 Å². The van der Waals surface area contributed by atoms with Crippen molar-refractivity contribution in [1.29, 1.82) is 5.26 Å². The zero-order valence-electron chi connectivity index (χ0n) is 29.1. The zero-order valence-corrected chi connectivity index (χ0v) is 29.9. The third-order valence-corrected chi connectivity index (χ3v) is 9.10.